The number of carbonyl (C=O) groups excluding carboxylic acids is 4. The molecule has 0 aromatic carbocycles. The highest BCUT2D eigenvalue weighted by Gasteiger charge is 2.24. The van der Waals surface area contributed by atoms with Crippen LogP contribution >= 0.6 is 0 Å². The van der Waals surface area contributed by atoms with Gasteiger partial charge >= 0.3 is 0 Å². The molecule has 5 heteroatoms. The molecule has 37 heavy (non-hydrogen) atoms. The average Bonchev–Trinajstić information content (AvgIpc) is 2.68. The third-order valence-electron chi connectivity index (χ3n) is 5.31. The molecule has 0 amide bonds. The van der Waals surface area contributed by atoms with Crippen LogP contribution in [0, 0.1) is 33.5 Å². The van der Waals surface area contributed by atoms with Crippen molar-refractivity contribution in [3.05, 3.63) is 0 Å². The van der Waals surface area contributed by atoms with Crippen LogP contribution in [0.3, 0.4) is 0 Å². The Labute approximate surface area is 231 Å². The van der Waals surface area contributed by atoms with Gasteiger partial charge in [0.2, 0.25) is 0 Å². The summed E-state index contributed by atoms with van der Waals surface area (Å²) in [5.41, 5.74) is -0.618. The number of carbonyl (C=O) groups is 4. The lowest BCUT2D eigenvalue weighted by atomic mass is 9.85. The molecule has 0 saturated heterocycles. The monoisotopic (exact) mass is 527 g/mol. The average molecular weight is 528 g/mol. The first-order valence-corrected chi connectivity index (χ1v) is 13.8. The Morgan fingerprint density at radius 1 is 0.541 bits per heavy atom. The molecular formula is C32H65NO4. The lowest BCUT2D eigenvalue weighted by molar-refractivity contribution is -0.129. The lowest BCUT2D eigenvalue weighted by Gasteiger charge is -2.18. The van der Waals surface area contributed by atoms with Gasteiger partial charge in [0.15, 0.2) is 0 Å². The van der Waals surface area contributed by atoms with Gasteiger partial charge in [-0.25, -0.2) is 0 Å². The first kappa shape index (κ1) is 42.7. The quantitative estimate of drug-likeness (QED) is 0.349. The van der Waals surface area contributed by atoms with E-state index in [1.165, 1.54) is 0 Å². The third kappa shape index (κ3) is 26.0. The van der Waals surface area contributed by atoms with Crippen molar-refractivity contribution >= 4 is 23.1 Å². The smallest absolute Gasteiger partial charge is 0.140 e. The van der Waals surface area contributed by atoms with Gasteiger partial charge < -0.3 is 4.90 Å². The Morgan fingerprint density at radius 2 is 0.811 bits per heavy atom. The van der Waals surface area contributed by atoms with E-state index in [-0.39, 0.29) is 33.5 Å². The van der Waals surface area contributed by atoms with Crippen LogP contribution in [-0.4, -0.2) is 48.7 Å². The molecule has 0 unspecified atom stereocenters. The van der Waals surface area contributed by atoms with Crippen molar-refractivity contribution < 1.29 is 19.2 Å². The molecule has 0 aromatic rings. The summed E-state index contributed by atoms with van der Waals surface area (Å²) in [5.74, 6) is 1.68. The van der Waals surface area contributed by atoms with E-state index >= 15 is 0 Å². The molecule has 0 heterocycles. The largest absolute Gasteiger partial charge is 0.309 e. The second-order valence-corrected chi connectivity index (χ2v) is 14.8. The minimum absolute atomic E-state index is 0.130. The number of Topliss-reactive ketones (excluding diaryl/α,β-unsaturated/α-hetero) is 4. The first-order valence-electron chi connectivity index (χ1n) is 13.8. The molecule has 0 aliphatic carbocycles. The van der Waals surface area contributed by atoms with E-state index in [0.717, 1.165) is 6.54 Å². The highest BCUT2D eigenvalue weighted by Crippen LogP contribution is 2.20. The number of ketones is 4. The molecule has 5 nitrogen and oxygen atoms in total. The maximum Gasteiger partial charge on any atom is 0.140 e. The van der Waals surface area contributed by atoms with Crippen molar-refractivity contribution in [2.24, 2.45) is 33.5 Å². The molecule has 222 valence electrons. The summed E-state index contributed by atoms with van der Waals surface area (Å²) in [6.07, 6.45) is 1.32. The van der Waals surface area contributed by atoms with Gasteiger partial charge in [0, 0.05) is 52.9 Å². The van der Waals surface area contributed by atoms with Gasteiger partial charge in [-0.2, -0.15) is 0 Å². The molecular weight excluding hydrogens is 462 g/mol. The predicted molar refractivity (Wildman–Crippen MR) is 161 cm³/mol. The van der Waals surface area contributed by atoms with Crippen molar-refractivity contribution in [3.8, 4) is 0 Å². The third-order valence-corrected chi connectivity index (χ3v) is 5.31. The van der Waals surface area contributed by atoms with Crippen molar-refractivity contribution in [1.82, 2.24) is 4.90 Å². The van der Waals surface area contributed by atoms with E-state index in [0.29, 0.717) is 36.0 Å². The van der Waals surface area contributed by atoms with Gasteiger partial charge in [-0.05, 0) is 14.1 Å². The second-order valence-electron chi connectivity index (χ2n) is 14.8. The number of hydrogen-bond acceptors (Lipinski definition) is 5. The fourth-order valence-corrected chi connectivity index (χ4v) is 2.96. The number of nitrogens with zero attached hydrogens (tertiary/aromatic N) is 1. The van der Waals surface area contributed by atoms with E-state index in [1.54, 1.807) is 0 Å². The standard InChI is InChI=1S/C9H19NO.2C8H16O.C7H14O/c1-9(2,3)8(11)6-7-10(4)5;2*1-6(2)7(9)8(3,4)5;1-5-6(8)7(2,3)4/h6-7H2,1-5H3;2*6H,1-5H3;5H2,1-4H3. The maximum atomic E-state index is 11.3. The van der Waals surface area contributed by atoms with Crippen molar-refractivity contribution in [3.63, 3.8) is 0 Å². The highest BCUT2D eigenvalue weighted by atomic mass is 16.1. The molecule has 0 fully saturated rings. The molecule has 0 spiro atoms. The maximum absolute atomic E-state index is 11.3. The Hall–Kier alpha value is -1.36. The second kappa shape index (κ2) is 18.0. The SMILES string of the molecule is CC(C)C(=O)C(C)(C)C.CC(C)C(=O)C(C)(C)C.CCC(=O)C(C)(C)C.CN(C)CCC(=O)C(C)(C)C. The van der Waals surface area contributed by atoms with Crippen molar-refractivity contribution in [2.45, 2.75) is 131 Å². The van der Waals surface area contributed by atoms with Gasteiger partial charge in [-0.3, -0.25) is 19.2 Å². The summed E-state index contributed by atoms with van der Waals surface area (Å²) < 4.78 is 0. The summed E-state index contributed by atoms with van der Waals surface area (Å²) in [6.45, 7) is 33.9. The van der Waals surface area contributed by atoms with Gasteiger partial charge in [0.1, 0.15) is 23.1 Å². The topological polar surface area (TPSA) is 71.5 Å². The molecule has 0 aliphatic rings. The van der Waals surface area contributed by atoms with E-state index in [9.17, 15) is 19.2 Å². The lowest BCUT2D eigenvalue weighted by Crippen LogP contribution is -2.25. The van der Waals surface area contributed by atoms with Crippen LogP contribution in [-0.2, 0) is 19.2 Å². The van der Waals surface area contributed by atoms with Crippen LogP contribution in [0.15, 0.2) is 0 Å². The van der Waals surface area contributed by atoms with Crippen LogP contribution in [0.5, 0.6) is 0 Å². The summed E-state index contributed by atoms with van der Waals surface area (Å²) in [4.78, 5) is 46.5. The van der Waals surface area contributed by atoms with E-state index in [1.807, 2.05) is 137 Å². The van der Waals surface area contributed by atoms with Crippen LogP contribution < -0.4 is 0 Å². The van der Waals surface area contributed by atoms with Crippen LogP contribution in [0.1, 0.15) is 131 Å². The zero-order chi connectivity index (χ0) is 31.2. The summed E-state index contributed by atoms with van der Waals surface area (Å²) in [7, 11) is 3.96. The van der Waals surface area contributed by atoms with E-state index in [4.69, 9.17) is 0 Å². The van der Waals surface area contributed by atoms with Gasteiger partial charge in [-0.1, -0.05) is 118 Å². The molecule has 0 aliphatic heterocycles. The minimum atomic E-state index is -0.171. The van der Waals surface area contributed by atoms with Gasteiger partial charge in [0.05, 0.1) is 0 Å². The Morgan fingerprint density at radius 3 is 0.892 bits per heavy atom. The zero-order valence-electron chi connectivity index (χ0n) is 28.4. The number of hydrogen-bond donors (Lipinski definition) is 0. The molecule has 0 bridgehead atoms. The summed E-state index contributed by atoms with van der Waals surface area (Å²) in [6, 6.07) is 0. The Kier molecular flexibility index (Phi) is 20.8. The molecule has 0 radical (unpaired) electrons. The van der Waals surface area contributed by atoms with Crippen LogP contribution in [0.2, 0.25) is 0 Å². The number of rotatable bonds is 6. The van der Waals surface area contributed by atoms with Gasteiger partial charge in [0.25, 0.3) is 0 Å². The predicted octanol–water partition coefficient (Wildman–Crippen LogP) is 8.08. The highest BCUT2D eigenvalue weighted by molar-refractivity contribution is 5.86. The minimum Gasteiger partial charge on any atom is -0.309 e. The molecule has 0 aromatic heterocycles. The summed E-state index contributed by atoms with van der Waals surface area (Å²) >= 11 is 0. The van der Waals surface area contributed by atoms with Crippen LogP contribution in [0.25, 0.3) is 0 Å². The normalized spacial score (nSPS) is 12.1. The van der Waals surface area contributed by atoms with Crippen molar-refractivity contribution in [2.75, 3.05) is 20.6 Å². The zero-order valence-corrected chi connectivity index (χ0v) is 28.4. The van der Waals surface area contributed by atoms with E-state index in [2.05, 4.69) is 0 Å². The fourth-order valence-electron chi connectivity index (χ4n) is 2.96. The summed E-state index contributed by atoms with van der Waals surface area (Å²) in [5, 5.41) is 0. The van der Waals surface area contributed by atoms with Crippen LogP contribution in [0.4, 0.5) is 0 Å². The molecule has 0 rings (SSSR count). The molecule has 0 saturated carbocycles. The Bertz CT molecular complexity index is 644. The fraction of sp³-hybridized carbons (Fsp3) is 0.875. The van der Waals surface area contributed by atoms with Crippen molar-refractivity contribution in [1.29, 1.82) is 0 Å². The van der Waals surface area contributed by atoms with E-state index < -0.39 is 0 Å². The first-order chi connectivity index (χ1) is 16.0. The Balaban J connectivity index is -0.000000198. The molecule has 0 N–H and O–H groups in total. The molecule has 0 atom stereocenters. The van der Waals surface area contributed by atoms with Gasteiger partial charge in [-0.15, -0.1) is 0 Å².